The topological polar surface area (TPSA) is 45.6 Å². The Morgan fingerprint density at radius 1 is 1.36 bits per heavy atom. The monoisotopic (exact) mass is 469 g/mol. The molecule has 1 atom stereocenters. The van der Waals surface area contributed by atoms with Crippen molar-refractivity contribution in [3.8, 4) is 0 Å². The highest BCUT2D eigenvalue weighted by Crippen LogP contribution is 2.34. The van der Waals surface area contributed by atoms with E-state index in [0.29, 0.717) is 18.1 Å². The molecule has 2 aliphatic rings. The van der Waals surface area contributed by atoms with Crippen molar-refractivity contribution in [3.63, 3.8) is 0 Å². The van der Waals surface area contributed by atoms with Gasteiger partial charge in [0.2, 0.25) is 11.8 Å². The van der Waals surface area contributed by atoms with Gasteiger partial charge in [0.15, 0.2) is 0 Å². The fourth-order valence-electron chi connectivity index (χ4n) is 3.71. The number of carbonyl (C=O) groups is 2. The van der Waals surface area contributed by atoms with E-state index in [1.807, 2.05) is 29.3 Å². The summed E-state index contributed by atoms with van der Waals surface area (Å²) in [5, 5.41) is 1.77. The summed E-state index contributed by atoms with van der Waals surface area (Å²) in [6, 6.07) is 5.71. The normalized spacial score (nSPS) is 21.0. The molecule has 25 heavy (non-hydrogen) atoms. The Balaban J connectivity index is 1.55. The van der Waals surface area contributed by atoms with E-state index in [-0.39, 0.29) is 23.9 Å². The second kappa shape index (κ2) is 6.32. The lowest BCUT2D eigenvalue weighted by Crippen LogP contribution is -2.61. The third-order valence-corrected chi connectivity index (χ3v) is 6.18. The van der Waals surface area contributed by atoms with Crippen LogP contribution in [0.1, 0.15) is 12.5 Å². The number of aromatic nitrogens is 1. The summed E-state index contributed by atoms with van der Waals surface area (Å²) in [4.78, 5) is 28.2. The largest absolute Gasteiger partial charge is 0.335 e. The predicted molar refractivity (Wildman–Crippen MR) is 106 cm³/mol. The highest BCUT2D eigenvalue weighted by Gasteiger charge is 2.42. The van der Waals surface area contributed by atoms with Gasteiger partial charge in [-0.15, -0.1) is 0 Å². The fourth-order valence-corrected chi connectivity index (χ4v) is 4.62. The number of hydrogen-bond acceptors (Lipinski definition) is 2. The van der Waals surface area contributed by atoms with Gasteiger partial charge in [0.1, 0.15) is 6.04 Å². The van der Waals surface area contributed by atoms with Crippen LogP contribution in [0.5, 0.6) is 0 Å². The molecule has 1 unspecified atom stereocenters. The smallest absolute Gasteiger partial charge is 0.246 e. The summed E-state index contributed by atoms with van der Waals surface area (Å²) in [6.45, 7) is 5.44. The van der Waals surface area contributed by atoms with Gasteiger partial charge in [0.25, 0.3) is 0 Å². The van der Waals surface area contributed by atoms with Gasteiger partial charge in [-0.3, -0.25) is 9.59 Å². The lowest BCUT2D eigenvalue weighted by atomic mass is 10.1. The minimum atomic E-state index is -0.184. The quantitative estimate of drug-likeness (QED) is 0.512. The second-order valence-electron chi connectivity index (χ2n) is 6.48. The van der Waals surface area contributed by atoms with E-state index >= 15 is 0 Å². The van der Waals surface area contributed by atoms with E-state index < -0.39 is 0 Å². The van der Waals surface area contributed by atoms with Crippen LogP contribution >= 0.6 is 34.2 Å². The molecule has 0 aliphatic carbocycles. The van der Waals surface area contributed by atoms with E-state index in [4.69, 9.17) is 11.6 Å². The molecule has 2 saturated heterocycles. The van der Waals surface area contributed by atoms with Gasteiger partial charge in [-0.25, -0.2) is 0 Å². The molecule has 2 aliphatic heterocycles. The second-order valence-corrected chi connectivity index (χ2v) is 8.08. The molecule has 130 valence electrons. The van der Waals surface area contributed by atoms with E-state index in [2.05, 4.69) is 33.7 Å². The predicted octanol–water partition coefficient (Wildman–Crippen LogP) is 3.07. The average molecular weight is 470 g/mol. The number of nitrogens with zero attached hydrogens (tertiary/aromatic N) is 3. The van der Waals surface area contributed by atoms with Crippen molar-refractivity contribution >= 4 is 56.9 Å². The Labute approximate surface area is 164 Å². The Bertz CT molecular complexity index is 888. The molecule has 2 fully saturated rings. The first-order valence-electron chi connectivity index (χ1n) is 8.17. The summed E-state index contributed by atoms with van der Waals surface area (Å²) in [6.07, 6.45) is 4.14. The maximum absolute atomic E-state index is 13.0. The van der Waals surface area contributed by atoms with Gasteiger partial charge in [-0.05, 0) is 53.3 Å². The minimum Gasteiger partial charge on any atom is -0.335 e. The highest BCUT2D eigenvalue weighted by molar-refractivity contribution is 14.1. The molecule has 0 saturated carbocycles. The van der Waals surface area contributed by atoms with Gasteiger partial charge < -0.3 is 14.4 Å². The van der Waals surface area contributed by atoms with Gasteiger partial charge in [-0.2, -0.15) is 0 Å². The van der Waals surface area contributed by atoms with E-state index in [1.54, 1.807) is 4.90 Å². The van der Waals surface area contributed by atoms with Crippen LogP contribution in [0.15, 0.2) is 37.1 Å². The van der Waals surface area contributed by atoms with Gasteiger partial charge in [0, 0.05) is 45.3 Å². The average Bonchev–Trinajstić information content (AvgIpc) is 3.07. The van der Waals surface area contributed by atoms with E-state index in [0.717, 1.165) is 27.4 Å². The first-order valence-corrected chi connectivity index (χ1v) is 9.62. The molecule has 4 rings (SSSR count). The van der Waals surface area contributed by atoms with E-state index in [9.17, 15) is 9.59 Å². The van der Waals surface area contributed by atoms with Crippen LogP contribution in [0.25, 0.3) is 10.9 Å². The van der Waals surface area contributed by atoms with Crippen molar-refractivity contribution in [2.75, 3.05) is 19.6 Å². The first-order chi connectivity index (χ1) is 12.0. The van der Waals surface area contributed by atoms with Gasteiger partial charge in [-0.1, -0.05) is 18.2 Å². The number of hydrogen-bond donors (Lipinski definition) is 0. The standard InChI is InChI=1S/C18H17ClIN3O2/c1-2-17(24)21-8-12(9-21)22-6-5-16(18(22)25)23-10-14(20)13-7-11(19)3-4-15(13)23/h2-4,7,10,12,16H,1,5-6,8-9H2. The SMILES string of the molecule is C=CC(=O)N1CC(N2CCC(n3cc(I)c4cc(Cl)ccc43)C2=O)C1. The summed E-state index contributed by atoms with van der Waals surface area (Å²) in [5.74, 6) is 0.0706. The van der Waals surface area contributed by atoms with Crippen LogP contribution in [0.4, 0.5) is 0 Å². The number of amides is 2. The van der Waals surface area contributed by atoms with Crippen molar-refractivity contribution in [1.29, 1.82) is 0 Å². The molecule has 0 bridgehead atoms. The lowest BCUT2D eigenvalue weighted by Gasteiger charge is -2.43. The lowest BCUT2D eigenvalue weighted by molar-refractivity contribution is -0.142. The summed E-state index contributed by atoms with van der Waals surface area (Å²) in [5.41, 5.74) is 1.03. The molecule has 1 aromatic carbocycles. The van der Waals surface area contributed by atoms with Crippen LogP contribution in [0.2, 0.25) is 5.02 Å². The third-order valence-electron chi connectivity index (χ3n) is 5.08. The summed E-state index contributed by atoms with van der Waals surface area (Å²) in [7, 11) is 0. The van der Waals surface area contributed by atoms with Crippen LogP contribution in [0.3, 0.4) is 0 Å². The zero-order chi connectivity index (χ0) is 17.7. The van der Waals surface area contributed by atoms with Gasteiger partial charge in [0.05, 0.1) is 6.04 Å². The van der Waals surface area contributed by atoms with Crippen molar-refractivity contribution < 1.29 is 9.59 Å². The van der Waals surface area contributed by atoms with Crippen LogP contribution in [-0.4, -0.2) is 51.9 Å². The number of rotatable bonds is 3. The Morgan fingerprint density at radius 3 is 2.84 bits per heavy atom. The molecular weight excluding hydrogens is 453 g/mol. The molecule has 2 aromatic rings. The molecular formula is C18H17ClIN3O2. The molecule has 0 N–H and O–H groups in total. The third kappa shape index (κ3) is 2.75. The van der Waals surface area contributed by atoms with Crippen molar-refractivity contribution in [2.45, 2.75) is 18.5 Å². The van der Waals surface area contributed by atoms with Crippen molar-refractivity contribution in [1.82, 2.24) is 14.4 Å². The Kier molecular flexibility index (Phi) is 4.27. The Morgan fingerprint density at radius 2 is 2.12 bits per heavy atom. The number of halogens is 2. The number of fused-ring (bicyclic) bond motifs is 1. The van der Waals surface area contributed by atoms with Crippen molar-refractivity contribution in [3.05, 3.63) is 45.6 Å². The molecule has 0 radical (unpaired) electrons. The highest BCUT2D eigenvalue weighted by atomic mass is 127. The number of likely N-dealkylation sites (tertiary alicyclic amines) is 2. The minimum absolute atomic E-state index is 0.0673. The fraction of sp³-hybridized carbons (Fsp3) is 0.333. The molecule has 0 spiro atoms. The summed E-state index contributed by atoms with van der Waals surface area (Å²) < 4.78 is 3.16. The van der Waals surface area contributed by atoms with Crippen LogP contribution in [0, 0.1) is 3.57 Å². The number of benzene rings is 1. The molecule has 7 heteroatoms. The number of carbonyl (C=O) groups excluding carboxylic acids is 2. The maximum atomic E-state index is 13.0. The first kappa shape index (κ1) is 16.9. The molecule has 2 amide bonds. The van der Waals surface area contributed by atoms with Gasteiger partial charge >= 0.3 is 0 Å². The maximum Gasteiger partial charge on any atom is 0.246 e. The molecule has 3 heterocycles. The molecule has 5 nitrogen and oxygen atoms in total. The summed E-state index contributed by atoms with van der Waals surface area (Å²) >= 11 is 8.39. The zero-order valence-electron chi connectivity index (χ0n) is 13.5. The van der Waals surface area contributed by atoms with Crippen LogP contribution in [-0.2, 0) is 9.59 Å². The van der Waals surface area contributed by atoms with Crippen LogP contribution < -0.4 is 0 Å². The Hall–Kier alpha value is -1.54. The van der Waals surface area contributed by atoms with Crippen molar-refractivity contribution in [2.24, 2.45) is 0 Å². The van der Waals surface area contributed by atoms with E-state index in [1.165, 1.54) is 6.08 Å². The molecule has 1 aromatic heterocycles. The zero-order valence-corrected chi connectivity index (χ0v) is 16.4.